The maximum absolute atomic E-state index is 13.9. The molecular weight excluding hydrogens is 392 g/mol. The zero-order chi connectivity index (χ0) is 21.7. The Balaban J connectivity index is 1.60. The van der Waals surface area contributed by atoms with Crippen LogP contribution in [0.15, 0.2) is 36.4 Å². The van der Waals surface area contributed by atoms with Gasteiger partial charge in [0, 0.05) is 0 Å². The van der Waals surface area contributed by atoms with Crippen LogP contribution in [0.1, 0.15) is 54.9 Å². The molecule has 30 heavy (non-hydrogen) atoms. The van der Waals surface area contributed by atoms with Crippen molar-refractivity contribution >= 4 is 11.9 Å². The fourth-order valence-corrected chi connectivity index (χ4v) is 3.52. The molecule has 1 aliphatic rings. The van der Waals surface area contributed by atoms with Crippen molar-refractivity contribution < 1.29 is 27.8 Å². The van der Waals surface area contributed by atoms with Crippen LogP contribution in [0.5, 0.6) is 11.5 Å². The van der Waals surface area contributed by atoms with E-state index in [0.717, 1.165) is 44.2 Å². The van der Waals surface area contributed by atoms with Gasteiger partial charge in [0.2, 0.25) is 5.82 Å². The van der Waals surface area contributed by atoms with E-state index in [2.05, 4.69) is 6.92 Å². The lowest BCUT2D eigenvalue weighted by Gasteiger charge is -2.26. The number of nitrogens with zero attached hydrogens (tertiary/aromatic N) is 1. The first kappa shape index (κ1) is 21.4. The van der Waals surface area contributed by atoms with Crippen LogP contribution in [0.4, 0.5) is 8.78 Å². The monoisotopic (exact) mass is 413 g/mol. The molecule has 0 N–H and O–H groups in total. The standard InChI is InChI=1S/C23H21F2NO4/c1-2-14-3-5-15(6-4-14)22(27)29-18-10-7-16(8-11-18)23(28)30-19-12-9-17(13-26)20(24)21(19)25/h7-12,14-15H,2-6H2,1H3/t14-,15-. The van der Waals surface area contributed by atoms with E-state index in [4.69, 9.17) is 14.7 Å². The molecule has 7 heteroatoms. The van der Waals surface area contributed by atoms with Crippen LogP contribution in [-0.2, 0) is 4.79 Å². The van der Waals surface area contributed by atoms with Crippen LogP contribution in [0.3, 0.4) is 0 Å². The van der Waals surface area contributed by atoms with Crippen molar-refractivity contribution in [2.45, 2.75) is 39.0 Å². The Kier molecular flexibility index (Phi) is 6.78. The van der Waals surface area contributed by atoms with E-state index in [-0.39, 0.29) is 17.5 Å². The first-order chi connectivity index (χ1) is 14.4. The van der Waals surface area contributed by atoms with Crippen LogP contribution < -0.4 is 9.47 Å². The molecular formula is C23H21F2NO4. The molecule has 1 saturated carbocycles. The van der Waals surface area contributed by atoms with Gasteiger partial charge in [-0.3, -0.25) is 4.79 Å². The van der Waals surface area contributed by atoms with E-state index in [1.165, 1.54) is 30.3 Å². The molecule has 0 aromatic heterocycles. The highest BCUT2D eigenvalue weighted by Crippen LogP contribution is 2.31. The molecule has 0 heterocycles. The van der Waals surface area contributed by atoms with Crippen LogP contribution in [0.25, 0.3) is 0 Å². The fraction of sp³-hybridized carbons (Fsp3) is 0.348. The number of carbonyl (C=O) groups is 2. The average molecular weight is 413 g/mol. The number of ether oxygens (including phenoxy) is 2. The van der Waals surface area contributed by atoms with E-state index in [1.807, 2.05) is 0 Å². The second kappa shape index (κ2) is 9.49. The third-order valence-corrected chi connectivity index (χ3v) is 5.44. The zero-order valence-corrected chi connectivity index (χ0v) is 16.5. The van der Waals surface area contributed by atoms with E-state index in [0.29, 0.717) is 11.7 Å². The number of rotatable bonds is 5. The molecule has 1 aliphatic carbocycles. The van der Waals surface area contributed by atoms with Crippen LogP contribution in [0, 0.1) is 34.8 Å². The summed E-state index contributed by atoms with van der Waals surface area (Å²) in [5.41, 5.74) is -0.413. The van der Waals surface area contributed by atoms with Gasteiger partial charge in [-0.25, -0.2) is 9.18 Å². The zero-order valence-electron chi connectivity index (χ0n) is 16.5. The summed E-state index contributed by atoms with van der Waals surface area (Å²) in [7, 11) is 0. The Bertz CT molecular complexity index is 974. The highest BCUT2D eigenvalue weighted by Gasteiger charge is 2.27. The Hall–Kier alpha value is -3.27. The molecule has 0 saturated heterocycles. The minimum absolute atomic E-state index is 0.0717. The van der Waals surface area contributed by atoms with Crippen molar-refractivity contribution in [3.63, 3.8) is 0 Å². The van der Waals surface area contributed by atoms with Gasteiger partial charge < -0.3 is 9.47 Å². The molecule has 2 aromatic carbocycles. The second-order valence-electron chi connectivity index (χ2n) is 7.31. The predicted molar refractivity (Wildman–Crippen MR) is 104 cm³/mol. The van der Waals surface area contributed by atoms with Gasteiger partial charge in [0.15, 0.2) is 11.6 Å². The Labute approximate surface area is 173 Å². The number of hydrogen-bond donors (Lipinski definition) is 0. The maximum Gasteiger partial charge on any atom is 0.343 e. The van der Waals surface area contributed by atoms with Crippen molar-refractivity contribution in [2.75, 3.05) is 0 Å². The fourth-order valence-electron chi connectivity index (χ4n) is 3.52. The lowest BCUT2D eigenvalue weighted by molar-refractivity contribution is -0.140. The molecule has 0 bridgehead atoms. The smallest absolute Gasteiger partial charge is 0.343 e. The van der Waals surface area contributed by atoms with Crippen LogP contribution in [0.2, 0.25) is 0 Å². The SMILES string of the molecule is CC[C@H]1CC[C@H](C(=O)Oc2ccc(C(=O)Oc3ccc(C#N)c(F)c3F)cc2)CC1. The Morgan fingerprint density at radius 3 is 2.27 bits per heavy atom. The van der Waals surface area contributed by atoms with Crippen molar-refractivity contribution in [3.05, 3.63) is 59.2 Å². The number of benzene rings is 2. The number of hydrogen-bond acceptors (Lipinski definition) is 5. The van der Waals surface area contributed by atoms with Gasteiger partial charge in [0.25, 0.3) is 0 Å². The Morgan fingerprint density at radius 1 is 1.00 bits per heavy atom. The molecule has 1 fully saturated rings. The second-order valence-corrected chi connectivity index (χ2v) is 7.31. The largest absolute Gasteiger partial charge is 0.426 e. The van der Waals surface area contributed by atoms with Gasteiger partial charge in [0.05, 0.1) is 17.0 Å². The topological polar surface area (TPSA) is 76.4 Å². The molecule has 156 valence electrons. The van der Waals surface area contributed by atoms with Crippen molar-refractivity contribution in [2.24, 2.45) is 11.8 Å². The minimum atomic E-state index is -1.41. The molecule has 0 atom stereocenters. The van der Waals surface area contributed by atoms with E-state index in [9.17, 15) is 18.4 Å². The molecule has 0 radical (unpaired) electrons. The van der Waals surface area contributed by atoms with Gasteiger partial charge in [-0.05, 0) is 68.0 Å². The summed E-state index contributed by atoms with van der Waals surface area (Å²) in [4.78, 5) is 24.5. The average Bonchev–Trinajstić information content (AvgIpc) is 2.77. The third-order valence-electron chi connectivity index (χ3n) is 5.44. The minimum Gasteiger partial charge on any atom is -0.426 e. The highest BCUT2D eigenvalue weighted by atomic mass is 19.2. The first-order valence-electron chi connectivity index (χ1n) is 9.85. The number of carbonyl (C=O) groups excluding carboxylic acids is 2. The molecule has 0 unspecified atom stereocenters. The first-order valence-corrected chi connectivity index (χ1v) is 9.85. The van der Waals surface area contributed by atoms with E-state index < -0.39 is 28.9 Å². The summed E-state index contributed by atoms with van der Waals surface area (Å²) < 4.78 is 37.8. The molecule has 5 nitrogen and oxygen atoms in total. The Morgan fingerprint density at radius 2 is 1.67 bits per heavy atom. The summed E-state index contributed by atoms with van der Waals surface area (Å²) >= 11 is 0. The highest BCUT2D eigenvalue weighted by molar-refractivity contribution is 5.91. The lowest BCUT2D eigenvalue weighted by atomic mass is 9.81. The van der Waals surface area contributed by atoms with E-state index >= 15 is 0 Å². The van der Waals surface area contributed by atoms with Gasteiger partial charge in [-0.1, -0.05) is 13.3 Å². The van der Waals surface area contributed by atoms with Crippen LogP contribution >= 0.6 is 0 Å². The molecule has 0 spiro atoms. The van der Waals surface area contributed by atoms with Gasteiger partial charge >= 0.3 is 11.9 Å². The quantitative estimate of drug-likeness (QED) is 0.499. The molecule has 0 aliphatic heterocycles. The number of halogens is 2. The number of esters is 2. The van der Waals surface area contributed by atoms with Crippen molar-refractivity contribution in [3.8, 4) is 17.6 Å². The van der Waals surface area contributed by atoms with Gasteiger partial charge in [0.1, 0.15) is 11.8 Å². The normalized spacial score (nSPS) is 18.3. The van der Waals surface area contributed by atoms with E-state index in [1.54, 1.807) is 0 Å². The summed E-state index contributed by atoms with van der Waals surface area (Å²) in [6, 6.07) is 9.18. The molecule has 0 amide bonds. The summed E-state index contributed by atoms with van der Waals surface area (Å²) in [5, 5.41) is 8.69. The lowest BCUT2D eigenvalue weighted by Crippen LogP contribution is -2.25. The van der Waals surface area contributed by atoms with Crippen molar-refractivity contribution in [1.29, 1.82) is 5.26 Å². The molecule has 3 rings (SSSR count). The maximum atomic E-state index is 13.9. The summed E-state index contributed by atoms with van der Waals surface area (Å²) in [6.07, 6.45) is 4.79. The van der Waals surface area contributed by atoms with Crippen LogP contribution in [-0.4, -0.2) is 11.9 Å². The van der Waals surface area contributed by atoms with Gasteiger partial charge in [-0.2, -0.15) is 9.65 Å². The summed E-state index contributed by atoms with van der Waals surface area (Å²) in [5.74, 6) is -3.74. The third kappa shape index (κ3) is 4.82. The molecule has 2 aromatic rings. The number of nitriles is 1. The summed E-state index contributed by atoms with van der Waals surface area (Å²) in [6.45, 7) is 2.15. The van der Waals surface area contributed by atoms with Gasteiger partial charge in [-0.15, -0.1) is 0 Å². The predicted octanol–water partition coefficient (Wildman–Crippen LogP) is 5.18. The van der Waals surface area contributed by atoms with Crippen molar-refractivity contribution in [1.82, 2.24) is 0 Å².